The molecule has 0 aromatic carbocycles. The molecule has 2 saturated heterocycles. The van der Waals surface area contributed by atoms with E-state index in [1.54, 1.807) is 4.90 Å². The highest BCUT2D eigenvalue weighted by Gasteiger charge is 2.53. The lowest BCUT2D eigenvalue weighted by Crippen LogP contribution is -2.59. The standard InChI is InChI=1S/C12H19NO4/c1-11(2,3)17-10(15)13-9-4-5-12(13,7-14)8-16-6-9/h7,9H,4-6,8H2,1-3H3. The highest BCUT2D eigenvalue weighted by Crippen LogP contribution is 2.37. The number of nitrogens with zero attached hydrogens (tertiary/aromatic N) is 1. The van der Waals surface area contributed by atoms with Crippen molar-refractivity contribution in [1.29, 1.82) is 0 Å². The van der Waals surface area contributed by atoms with Crippen molar-refractivity contribution in [3.63, 3.8) is 0 Å². The van der Waals surface area contributed by atoms with Gasteiger partial charge in [-0.15, -0.1) is 0 Å². The predicted molar refractivity (Wildman–Crippen MR) is 60.7 cm³/mol. The largest absolute Gasteiger partial charge is 0.444 e. The number of amides is 1. The molecule has 5 nitrogen and oxygen atoms in total. The number of fused-ring (bicyclic) bond motifs is 2. The molecule has 2 aliphatic rings. The zero-order valence-corrected chi connectivity index (χ0v) is 10.6. The quantitative estimate of drug-likeness (QED) is 0.650. The average molecular weight is 241 g/mol. The van der Waals surface area contributed by atoms with E-state index in [0.29, 0.717) is 13.0 Å². The molecule has 2 rings (SSSR count). The number of aldehydes is 1. The smallest absolute Gasteiger partial charge is 0.411 e. The van der Waals surface area contributed by atoms with Gasteiger partial charge in [-0.1, -0.05) is 0 Å². The third kappa shape index (κ3) is 2.16. The summed E-state index contributed by atoms with van der Waals surface area (Å²) in [5.41, 5.74) is -1.34. The molecule has 96 valence electrons. The SMILES string of the molecule is CC(C)(C)OC(=O)N1C2CCC1(C=O)COC2. The van der Waals surface area contributed by atoms with Crippen LogP contribution in [0.5, 0.6) is 0 Å². The molecule has 2 fully saturated rings. The number of morpholine rings is 1. The fourth-order valence-corrected chi connectivity index (χ4v) is 2.49. The molecule has 0 saturated carbocycles. The number of rotatable bonds is 1. The minimum atomic E-state index is -0.800. The average Bonchev–Trinajstić information content (AvgIpc) is 2.44. The predicted octanol–water partition coefficient (Wildman–Crippen LogP) is 1.35. The fraction of sp³-hybridized carbons (Fsp3) is 0.833. The number of hydrogen-bond donors (Lipinski definition) is 0. The molecule has 17 heavy (non-hydrogen) atoms. The van der Waals surface area contributed by atoms with Crippen molar-refractivity contribution in [1.82, 2.24) is 4.90 Å². The summed E-state index contributed by atoms with van der Waals surface area (Å²) in [7, 11) is 0. The van der Waals surface area contributed by atoms with Crippen molar-refractivity contribution < 1.29 is 19.1 Å². The second-order valence-corrected chi connectivity index (χ2v) is 5.78. The van der Waals surface area contributed by atoms with Crippen molar-refractivity contribution in [2.75, 3.05) is 13.2 Å². The van der Waals surface area contributed by atoms with Gasteiger partial charge in [-0.25, -0.2) is 4.79 Å². The van der Waals surface area contributed by atoms with Gasteiger partial charge in [0.15, 0.2) is 0 Å². The molecule has 0 aromatic rings. The van der Waals surface area contributed by atoms with E-state index in [0.717, 1.165) is 12.7 Å². The van der Waals surface area contributed by atoms with Gasteiger partial charge < -0.3 is 14.3 Å². The minimum absolute atomic E-state index is 0.0243. The molecule has 0 aliphatic carbocycles. The molecular formula is C12H19NO4. The van der Waals surface area contributed by atoms with Gasteiger partial charge in [0.2, 0.25) is 0 Å². The molecule has 2 heterocycles. The maximum Gasteiger partial charge on any atom is 0.411 e. The van der Waals surface area contributed by atoms with E-state index < -0.39 is 17.2 Å². The minimum Gasteiger partial charge on any atom is -0.444 e. The van der Waals surface area contributed by atoms with Gasteiger partial charge in [-0.05, 0) is 33.6 Å². The van der Waals surface area contributed by atoms with Gasteiger partial charge >= 0.3 is 6.09 Å². The van der Waals surface area contributed by atoms with Crippen LogP contribution in [-0.4, -0.2) is 47.7 Å². The zero-order chi connectivity index (χ0) is 12.7. The molecule has 5 heteroatoms. The Morgan fingerprint density at radius 2 is 2.24 bits per heavy atom. The lowest BCUT2D eigenvalue weighted by molar-refractivity contribution is -0.129. The van der Waals surface area contributed by atoms with Crippen molar-refractivity contribution in [2.45, 2.75) is 50.8 Å². The Balaban J connectivity index is 2.19. The van der Waals surface area contributed by atoms with Crippen molar-refractivity contribution in [3.8, 4) is 0 Å². The third-order valence-electron chi connectivity index (χ3n) is 3.23. The van der Waals surface area contributed by atoms with Gasteiger partial charge in [0.05, 0.1) is 19.3 Å². The van der Waals surface area contributed by atoms with Crippen LogP contribution in [-0.2, 0) is 14.3 Å². The maximum absolute atomic E-state index is 12.1. The molecule has 0 aromatic heterocycles. The van der Waals surface area contributed by atoms with Gasteiger partial charge in [0.25, 0.3) is 0 Å². The molecule has 1 amide bonds. The van der Waals surface area contributed by atoms with Gasteiger partial charge in [-0.2, -0.15) is 0 Å². The van der Waals surface area contributed by atoms with E-state index in [1.807, 2.05) is 20.8 Å². The highest BCUT2D eigenvalue weighted by atomic mass is 16.6. The Hall–Kier alpha value is -1.10. The van der Waals surface area contributed by atoms with E-state index in [9.17, 15) is 9.59 Å². The van der Waals surface area contributed by atoms with Crippen molar-refractivity contribution in [2.24, 2.45) is 0 Å². The van der Waals surface area contributed by atoms with Crippen LogP contribution >= 0.6 is 0 Å². The fourth-order valence-electron chi connectivity index (χ4n) is 2.49. The van der Waals surface area contributed by atoms with E-state index in [2.05, 4.69) is 0 Å². The number of carbonyl (C=O) groups excluding carboxylic acids is 2. The molecule has 0 spiro atoms. The summed E-state index contributed by atoms with van der Waals surface area (Å²) in [6.07, 6.45) is 1.89. The Morgan fingerprint density at radius 1 is 1.53 bits per heavy atom. The van der Waals surface area contributed by atoms with E-state index in [-0.39, 0.29) is 12.6 Å². The Kier molecular flexibility index (Phi) is 2.89. The molecule has 2 aliphatic heterocycles. The second kappa shape index (κ2) is 3.98. The van der Waals surface area contributed by atoms with Gasteiger partial charge in [0.1, 0.15) is 17.4 Å². The Bertz CT molecular complexity index is 332. The van der Waals surface area contributed by atoms with Crippen LogP contribution in [0.25, 0.3) is 0 Å². The van der Waals surface area contributed by atoms with Crippen LogP contribution in [0.4, 0.5) is 4.79 Å². The summed E-state index contributed by atoms with van der Waals surface area (Å²) in [5.74, 6) is 0. The van der Waals surface area contributed by atoms with Gasteiger partial charge in [0, 0.05) is 0 Å². The number of carbonyl (C=O) groups is 2. The summed E-state index contributed by atoms with van der Waals surface area (Å²) < 4.78 is 10.7. The van der Waals surface area contributed by atoms with E-state index in [4.69, 9.17) is 9.47 Å². The first-order chi connectivity index (χ1) is 7.88. The molecule has 2 unspecified atom stereocenters. The highest BCUT2D eigenvalue weighted by molar-refractivity contribution is 5.78. The Morgan fingerprint density at radius 3 is 2.82 bits per heavy atom. The first-order valence-corrected chi connectivity index (χ1v) is 5.94. The number of hydrogen-bond acceptors (Lipinski definition) is 4. The van der Waals surface area contributed by atoms with Crippen LogP contribution in [0.2, 0.25) is 0 Å². The number of ether oxygens (including phenoxy) is 2. The second-order valence-electron chi connectivity index (χ2n) is 5.78. The summed E-state index contributed by atoms with van der Waals surface area (Å²) in [4.78, 5) is 25.0. The monoisotopic (exact) mass is 241 g/mol. The van der Waals surface area contributed by atoms with Crippen LogP contribution in [0.3, 0.4) is 0 Å². The summed E-state index contributed by atoms with van der Waals surface area (Å²) >= 11 is 0. The Labute approximate surface area is 101 Å². The van der Waals surface area contributed by atoms with Crippen molar-refractivity contribution >= 4 is 12.4 Å². The summed E-state index contributed by atoms with van der Waals surface area (Å²) in [6.45, 7) is 6.24. The maximum atomic E-state index is 12.1. The molecule has 2 bridgehead atoms. The normalized spacial score (nSPS) is 32.4. The third-order valence-corrected chi connectivity index (χ3v) is 3.23. The van der Waals surface area contributed by atoms with Crippen LogP contribution in [0, 0.1) is 0 Å². The molecule has 0 radical (unpaired) electrons. The van der Waals surface area contributed by atoms with E-state index in [1.165, 1.54) is 0 Å². The van der Waals surface area contributed by atoms with Crippen LogP contribution < -0.4 is 0 Å². The topological polar surface area (TPSA) is 55.8 Å². The molecule has 2 atom stereocenters. The zero-order valence-electron chi connectivity index (χ0n) is 10.6. The van der Waals surface area contributed by atoms with Crippen LogP contribution in [0.15, 0.2) is 0 Å². The molecular weight excluding hydrogens is 222 g/mol. The molecule has 0 N–H and O–H groups in total. The first kappa shape index (κ1) is 12.4. The summed E-state index contributed by atoms with van der Waals surface area (Å²) in [6, 6.07) is -0.0243. The lowest BCUT2D eigenvalue weighted by atomic mass is 10.00. The van der Waals surface area contributed by atoms with E-state index >= 15 is 0 Å². The summed E-state index contributed by atoms with van der Waals surface area (Å²) in [5, 5.41) is 0. The van der Waals surface area contributed by atoms with Crippen molar-refractivity contribution in [3.05, 3.63) is 0 Å². The first-order valence-electron chi connectivity index (χ1n) is 5.94. The van der Waals surface area contributed by atoms with Crippen LogP contribution in [0.1, 0.15) is 33.6 Å². The van der Waals surface area contributed by atoms with Gasteiger partial charge in [-0.3, -0.25) is 4.90 Å². The lowest BCUT2D eigenvalue weighted by Gasteiger charge is -2.41.